The Labute approximate surface area is 129 Å². The molecule has 0 atom stereocenters. The van der Waals surface area contributed by atoms with Gasteiger partial charge in [0, 0.05) is 12.0 Å². The lowest BCUT2D eigenvalue weighted by Gasteiger charge is -2.02. The number of amides is 1. The van der Waals surface area contributed by atoms with Crippen LogP contribution in [0.25, 0.3) is 6.08 Å². The third-order valence-electron chi connectivity index (χ3n) is 2.90. The van der Waals surface area contributed by atoms with Crippen LogP contribution < -0.4 is 10.1 Å². The fourth-order valence-electron chi connectivity index (χ4n) is 1.75. The zero-order valence-electron chi connectivity index (χ0n) is 13.0. The minimum Gasteiger partial charge on any atom is -0.494 e. The van der Waals surface area contributed by atoms with Crippen molar-refractivity contribution in [2.75, 3.05) is 11.9 Å². The molecule has 1 heterocycles. The summed E-state index contributed by atoms with van der Waals surface area (Å²) in [6.45, 7) is 6.56. The first kappa shape index (κ1) is 15.8. The summed E-state index contributed by atoms with van der Waals surface area (Å²) >= 11 is 0. The van der Waals surface area contributed by atoms with Gasteiger partial charge in [-0.2, -0.15) is 4.98 Å². The molecule has 0 aliphatic rings. The van der Waals surface area contributed by atoms with Gasteiger partial charge in [-0.3, -0.25) is 15.2 Å². The van der Waals surface area contributed by atoms with Gasteiger partial charge in [-0.15, -0.1) is 5.10 Å². The molecule has 2 N–H and O–H groups in total. The van der Waals surface area contributed by atoms with Gasteiger partial charge in [-0.05, 0) is 30.7 Å². The number of hydrogen-bond donors (Lipinski definition) is 2. The lowest BCUT2D eigenvalue weighted by Crippen LogP contribution is -2.09. The molecular weight excluding hydrogens is 280 g/mol. The predicted molar refractivity (Wildman–Crippen MR) is 85.7 cm³/mol. The highest BCUT2D eigenvalue weighted by Crippen LogP contribution is 2.13. The highest BCUT2D eigenvalue weighted by atomic mass is 16.5. The van der Waals surface area contributed by atoms with E-state index in [0.717, 1.165) is 17.1 Å². The third-order valence-corrected chi connectivity index (χ3v) is 2.90. The Balaban J connectivity index is 1.92. The average Bonchev–Trinajstić information content (AvgIpc) is 2.95. The van der Waals surface area contributed by atoms with Gasteiger partial charge in [-0.25, -0.2) is 0 Å². The molecule has 2 aromatic rings. The summed E-state index contributed by atoms with van der Waals surface area (Å²) in [5.74, 6) is 1.79. The number of anilines is 1. The zero-order valence-corrected chi connectivity index (χ0v) is 13.0. The normalized spacial score (nSPS) is 11.1. The lowest BCUT2D eigenvalue weighted by molar-refractivity contribution is -0.111. The minimum absolute atomic E-state index is 0.234. The van der Waals surface area contributed by atoms with Crippen molar-refractivity contribution in [3.05, 3.63) is 41.7 Å². The largest absolute Gasteiger partial charge is 0.494 e. The van der Waals surface area contributed by atoms with E-state index >= 15 is 0 Å². The van der Waals surface area contributed by atoms with Crippen LogP contribution in [0.3, 0.4) is 0 Å². The molecule has 0 bridgehead atoms. The number of benzene rings is 1. The summed E-state index contributed by atoms with van der Waals surface area (Å²) < 4.78 is 5.36. The maximum atomic E-state index is 11.8. The van der Waals surface area contributed by atoms with E-state index in [9.17, 15) is 4.79 Å². The van der Waals surface area contributed by atoms with Crippen LogP contribution in [0.4, 0.5) is 5.95 Å². The van der Waals surface area contributed by atoms with Gasteiger partial charge >= 0.3 is 0 Å². The predicted octanol–water partition coefficient (Wildman–Crippen LogP) is 2.98. The number of nitrogens with zero attached hydrogens (tertiary/aromatic N) is 2. The fourth-order valence-corrected chi connectivity index (χ4v) is 1.75. The summed E-state index contributed by atoms with van der Waals surface area (Å²) in [5, 5.41) is 9.35. The third kappa shape index (κ3) is 4.44. The summed E-state index contributed by atoms with van der Waals surface area (Å²) in [7, 11) is 0. The molecule has 1 aromatic carbocycles. The number of rotatable bonds is 6. The zero-order chi connectivity index (χ0) is 15.9. The van der Waals surface area contributed by atoms with Crippen LogP contribution in [0.2, 0.25) is 0 Å². The van der Waals surface area contributed by atoms with Crippen LogP contribution in [0.1, 0.15) is 38.1 Å². The Morgan fingerprint density at radius 2 is 2.09 bits per heavy atom. The molecule has 6 nitrogen and oxygen atoms in total. The Bertz CT molecular complexity index is 644. The Morgan fingerprint density at radius 1 is 1.36 bits per heavy atom. The van der Waals surface area contributed by atoms with E-state index in [1.54, 1.807) is 6.08 Å². The smallest absolute Gasteiger partial charge is 0.250 e. The van der Waals surface area contributed by atoms with E-state index in [4.69, 9.17) is 4.74 Å². The van der Waals surface area contributed by atoms with Crippen LogP contribution in [0, 0.1) is 0 Å². The Hall–Kier alpha value is -2.63. The Kier molecular flexibility index (Phi) is 5.30. The van der Waals surface area contributed by atoms with Crippen molar-refractivity contribution < 1.29 is 9.53 Å². The Morgan fingerprint density at radius 3 is 2.68 bits per heavy atom. The molecule has 0 aliphatic heterocycles. The van der Waals surface area contributed by atoms with Gasteiger partial charge < -0.3 is 4.74 Å². The molecule has 0 radical (unpaired) electrons. The minimum atomic E-state index is -0.275. The van der Waals surface area contributed by atoms with E-state index in [-0.39, 0.29) is 17.8 Å². The van der Waals surface area contributed by atoms with Crippen LogP contribution >= 0.6 is 0 Å². The SMILES string of the molecule is CCOc1ccc(C=CC(=O)Nc2n[nH]c(C(C)C)n2)cc1. The van der Waals surface area contributed by atoms with E-state index < -0.39 is 0 Å². The molecule has 0 aliphatic carbocycles. The van der Waals surface area contributed by atoms with Crippen molar-refractivity contribution in [2.45, 2.75) is 26.7 Å². The van der Waals surface area contributed by atoms with Crippen LogP contribution in [-0.4, -0.2) is 27.7 Å². The van der Waals surface area contributed by atoms with Crippen LogP contribution in [0.15, 0.2) is 30.3 Å². The maximum absolute atomic E-state index is 11.8. The molecule has 6 heteroatoms. The molecule has 0 spiro atoms. The lowest BCUT2D eigenvalue weighted by atomic mass is 10.2. The number of aromatic nitrogens is 3. The molecule has 0 saturated carbocycles. The molecule has 116 valence electrons. The molecule has 0 unspecified atom stereocenters. The molecule has 1 aromatic heterocycles. The fraction of sp³-hybridized carbons (Fsp3) is 0.312. The van der Waals surface area contributed by atoms with E-state index in [1.165, 1.54) is 6.08 Å². The van der Waals surface area contributed by atoms with Gasteiger partial charge in [0.05, 0.1) is 6.61 Å². The number of hydrogen-bond acceptors (Lipinski definition) is 4. The van der Waals surface area contributed by atoms with Crippen LogP contribution in [-0.2, 0) is 4.79 Å². The number of aromatic amines is 1. The van der Waals surface area contributed by atoms with E-state index in [2.05, 4.69) is 20.5 Å². The molecule has 1 amide bonds. The van der Waals surface area contributed by atoms with Gasteiger partial charge in [0.2, 0.25) is 5.95 Å². The van der Waals surface area contributed by atoms with Crippen LogP contribution in [0.5, 0.6) is 5.75 Å². The summed E-state index contributed by atoms with van der Waals surface area (Å²) in [6.07, 6.45) is 3.17. The monoisotopic (exact) mass is 300 g/mol. The average molecular weight is 300 g/mol. The first-order chi connectivity index (χ1) is 10.6. The van der Waals surface area contributed by atoms with Crippen molar-refractivity contribution in [1.29, 1.82) is 0 Å². The topological polar surface area (TPSA) is 79.9 Å². The molecule has 0 saturated heterocycles. The van der Waals surface area contributed by atoms with Gasteiger partial charge in [0.25, 0.3) is 5.91 Å². The standard InChI is InChI=1S/C16H20N4O2/c1-4-22-13-8-5-12(6-9-13)7-10-14(21)17-16-18-15(11(2)3)19-20-16/h5-11H,4H2,1-3H3,(H2,17,18,19,20,21). The summed E-state index contributed by atoms with van der Waals surface area (Å²) in [5.41, 5.74) is 0.913. The maximum Gasteiger partial charge on any atom is 0.250 e. The van der Waals surface area contributed by atoms with Gasteiger partial charge in [0.1, 0.15) is 11.6 Å². The molecular formula is C16H20N4O2. The molecule has 2 rings (SSSR count). The summed E-state index contributed by atoms with van der Waals surface area (Å²) in [4.78, 5) is 16.0. The van der Waals surface area contributed by atoms with Crippen molar-refractivity contribution >= 4 is 17.9 Å². The first-order valence-corrected chi connectivity index (χ1v) is 7.22. The molecule has 0 fully saturated rings. The highest BCUT2D eigenvalue weighted by Gasteiger charge is 2.07. The number of nitrogens with one attached hydrogen (secondary N) is 2. The number of carbonyl (C=O) groups excluding carboxylic acids is 1. The number of H-pyrrole nitrogens is 1. The molecule has 22 heavy (non-hydrogen) atoms. The van der Waals surface area contributed by atoms with Crippen molar-refractivity contribution in [2.24, 2.45) is 0 Å². The van der Waals surface area contributed by atoms with E-state index in [0.29, 0.717) is 6.61 Å². The van der Waals surface area contributed by atoms with Crippen molar-refractivity contribution in [1.82, 2.24) is 15.2 Å². The summed E-state index contributed by atoms with van der Waals surface area (Å²) in [6, 6.07) is 7.51. The number of ether oxygens (including phenoxy) is 1. The van der Waals surface area contributed by atoms with Crippen molar-refractivity contribution in [3.8, 4) is 5.75 Å². The second-order valence-corrected chi connectivity index (χ2v) is 5.02. The second-order valence-electron chi connectivity index (χ2n) is 5.02. The van der Waals surface area contributed by atoms with Gasteiger partial charge in [0.15, 0.2) is 0 Å². The first-order valence-electron chi connectivity index (χ1n) is 7.22. The van der Waals surface area contributed by atoms with Gasteiger partial charge in [-0.1, -0.05) is 26.0 Å². The second kappa shape index (κ2) is 7.40. The quantitative estimate of drug-likeness (QED) is 0.804. The highest BCUT2D eigenvalue weighted by molar-refractivity contribution is 6.00. The van der Waals surface area contributed by atoms with Crippen molar-refractivity contribution in [3.63, 3.8) is 0 Å². The number of carbonyl (C=O) groups is 1. The van der Waals surface area contributed by atoms with E-state index in [1.807, 2.05) is 45.0 Å².